The Hall–Kier alpha value is -2.44. The molecule has 106 valence electrons. The molecule has 2 rings (SSSR count). The van der Waals surface area contributed by atoms with Gasteiger partial charge in [-0.25, -0.2) is 14.6 Å². The molecule has 0 amide bonds. The number of ether oxygens (including phenoxy) is 2. The molecule has 7 nitrogen and oxygen atoms in total. The normalized spacial score (nSPS) is 10.6. The molecular weight excluding hydrogens is 262 g/mol. The summed E-state index contributed by atoms with van der Waals surface area (Å²) >= 11 is 0. The fraction of sp³-hybridized carbons (Fsp3) is 0.385. The topological polar surface area (TPSA) is 83.3 Å². The van der Waals surface area contributed by atoms with Crippen LogP contribution in [0, 0.1) is 0 Å². The molecule has 0 spiro atoms. The van der Waals surface area contributed by atoms with Crippen molar-refractivity contribution in [3.05, 3.63) is 23.5 Å². The number of hydrogen-bond donors (Lipinski definition) is 0. The minimum atomic E-state index is -0.664. The molecule has 0 aliphatic carbocycles. The predicted octanol–water partition coefficient (Wildman–Crippen LogP) is 1.32. The summed E-state index contributed by atoms with van der Waals surface area (Å²) in [4.78, 5) is 27.9. The van der Waals surface area contributed by atoms with Crippen molar-refractivity contribution < 1.29 is 19.1 Å². The third-order valence-electron chi connectivity index (χ3n) is 2.57. The van der Waals surface area contributed by atoms with Crippen LogP contribution in [-0.4, -0.2) is 39.9 Å². The number of aromatic nitrogens is 3. The first-order valence-electron chi connectivity index (χ1n) is 6.25. The number of carbonyl (C=O) groups excluding carboxylic acids is 2. The number of pyridine rings is 1. The van der Waals surface area contributed by atoms with Gasteiger partial charge in [0.25, 0.3) is 0 Å². The molecule has 0 aromatic carbocycles. The van der Waals surface area contributed by atoms with E-state index in [4.69, 9.17) is 9.47 Å². The smallest absolute Gasteiger partial charge is 0.357 e. The van der Waals surface area contributed by atoms with Crippen LogP contribution in [0.1, 0.15) is 34.7 Å². The molecule has 0 saturated carbocycles. The average molecular weight is 277 g/mol. The molecule has 0 radical (unpaired) electrons. The third kappa shape index (κ3) is 2.61. The maximum atomic E-state index is 11.9. The number of nitrogens with zero attached hydrogens (tertiary/aromatic N) is 3. The van der Waals surface area contributed by atoms with Gasteiger partial charge in [-0.2, -0.15) is 5.10 Å². The molecule has 0 N–H and O–H groups in total. The minimum Gasteiger partial charge on any atom is -0.462 e. The van der Waals surface area contributed by atoms with Gasteiger partial charge in [0.15, 0.2) is 11.3 Å². The van der Waals surface area contributed by atoms with E-state index in [9.17, 15) is 9.59 Å². The number of esters is 2. The van der Waals surface area contributed by atoms with E-state index in [0.717, 1.165) is 0 Å². The van der Waals surface area contributed by atoms with Crippen molar-refractivity contribution in [1.82, 2.24) is 14.8 Å². The summed E-state index contributed by atoms with van der Waals surface area (Å²) in [5, 5.41) is 4.76. The van der Waals surface area contributed by atoms with Gasteiger partial charge in [0.05, 0.1) is 18.8 Å². The van der Waals surface area contributed by atoms with Crippen molar-refractivity contribution in [2.45, 2.75) is 13.8 Å². The van der Waals surface area contributed by atoms with Gasteiger partial charge in [-0.1, -0.05) is 0 Å². The Bertz CT molecular complexity index is 608. The lowest BCUT2D eigenvalue weighted by Gasteiger charge is -2.07. The number of carbonyl (C=O) groups is 2. The van der Waals surface area contributed by atoms with E-state index in [2.05, 4.69) is 10.1 Å². The summed E-state index contributed by atoms with van der Waals surface area (Å²) in [7, 11) is 1.73. The van der Waals surface area contributed by atoms with Crippen molar-refractivity contribution in [2.75, 3.05) is 13.2 Å². The van der Waals surface area contributed by atoms with E-state index >= 15 is 0 Å². The minimum absolute atomic E-state index is 0.0727. The van der Waals surface area contributed by atoms with Gasteiger partial charge in [0, 0.05) is 18.6 Å². The summed E-state index contributed by atoms with van der Waals surface area (Å²) in [6.45, 7) is 3.79. The maximum absolute atomic E-state index is 11.9. The van der Waals surface area contributed by atoms with Gasteiger partial charge in [-0.05, 0) is 19.9 Å². The van der Waals surface area contributed by atoms with Crippen molar-refractivity contribution in [3.8, 4) is 0 Å². The Morgan fingerprint density at radius 2 is 1.85 bits per heavy atom. The summed E-state index contributed by atoms with van der Waals surface area (Å²) in [6.07, 6.45) is 1.71. The Morgan fingerprint density at radius 3 is 2.50 bits per heavy atom. The summed E-state index contributed by atoms with van der Waals surface area (Å²) in [5.74, 6) is -1.27. The van der Waals surface area contributed by atoms with Crippen LogP contribution in [0.15, 0.2) is 12.3 Å². The zero-order valence-electron chi connectivity index (χ0n) is 11.5. The van der Waals surface area contributed by atoms with Crippen molar-refractivity contribution in [1.29, 1.82) is 0 Å². The molecule has 0 fully saturated rings. The van der Waals surface area contributed by atoms with Crippen LogP contribution >= 0.6 is 0 Å². The highest BCUT2D eigenvalue weighted by Gasteiger charge is 2.23. The predicted molar refractivity (Wildman–Crippen MR) is 70.4 cm³/mol. The van der Waals surface area contributed by atoms with E-state index in [1.54, 1.807) is 37.8 Å². The monoisotopic (exact) mass is 277 g/mol. The molecule has 0 unspecified atom stereocenters. The highest BCUT2D eigenvalue weighted by molar-refractivity contribution is 6.04. The molecule has 0 aliphatic rings. The zero-order chi connectivity index (χ0) is 14.7. The van der Waals surface area contributed by atoms with Gasteiger partial charge >= 0.3 is 11.9 Å². The van der Waals surface area contributed by atoms with Crippen LogP contribution in [0.3, 0.4) is 0 Å². The van der Waals surface area contributed by atoms with Crippen molar-refractivity contribution in [3.63, 3.8) is 0 Å². The maximum Gasteiger partial charge on any atom is 0.357 e. The first kappa shape index (κ1) is 14.0. The molecule has 2 aromatic rings. The van der Waals surface area contributed by atoms with Crippen LogP contribution in [0.2, 0.25) is 0 Å². The standard InChI is InChI=1S/C13H15N3O4/c1-4-19-12(17)9-6-8-7-16(3)15-11(8)14-10(9)13(18)20-5-2/h6-7H,4-5H2,1-3H3. The van der Waals surface area contributed by atoms with Crippen LogP contribution in [0.4, 0.5) is 0 Å². The molecule has 20 heavy (non-hydrogen) atoms. The first-order valence-corrected chi connectivity index (χ1v) is 6.25. The molecule has 7 heteroatoms. The molecule has 0 atom stereocenters. The molecule has 2 aromatic heterocycles. The summed E-state index contributed by atoms with van der Waals surface area (Å²) < 4.78 is 11.4. The first-order chi connectivity index (χ1) is 9.56. The number of aryl methyl sites for hydroxylation is 1. The van der Waals surface area contributed by atoms with Crippen LogP contribution in [0.25, 0.3) is 11.0 Å². The van der Waals surface area contributed by atoms with Crippen molar-refractivity contribution in [2.24, 2.45) is 7.05 Å². The van der Waals surface area contributed by atoms with E-state index in [1.807, 2.05) is 0 Å². The Morgan fingerprint density at radius 1 is 1.20 bits per heavy atom. The Labute approximate surface area is 115 Å². The van der Waals surface area contributed by atoms with E-state index in [-0.39, 0.29) is 24.5 Å². The number of fused-ring (bicyclic) bond motifs is 1. The fourth-order valence-corrected chi connectivity index (χ4v) is 1.79. The van der Waals surface area contributed by atoms with Crippen molar-refractivity contribution >= 4 is 23.0 Å². The lowest BCUT2D eigenvalue weighted by Crippen LogP contribution is -2.16. The largest absolute Gasteiger partial charge is 0.462 e. The highest BCUT2D eigenvalue weighted by Crippen LogP contribution is 2.17. The molecule has 2 heterocycles. The van der Waals surface area contributed by atoms with Gasteiger partial charge in [0.1, 0.15) is 0 Å². The molecular formula is C13H15N3O4. The molecule has 0 bridgehead atoms. The second-order valence-corrected chi connectivity index (χ2v) is 4.04. The third-order valence-corrected chi connectivity index (χ3v) is 2.57. The lowest BCUT2D eigenvalue weighted by atomic mass is 10.1. The van der Waals surface area contributed by atoms with Crippen LogP contribution < -0.4 is 0 Å². The van der Waals surface area contributed by atoms with Crippen LogP contribution in [0.5, 0.6) is 0 Å². The Kier molecular flexibility index (Phi) is 3.97. The van der Waals surface area contributed by atoms with Gasteiger partial charge in [-0.15, -0.1) is 0 Å². The molecule has 0 saturated heterocycles. The molecule has 0 aliphatic heterocycles. The summed E-state index contributed by atoms with van der Waals surface area (Å²) in [5.41, 5.74) is 0.394. The average Bonchev–Trinajstić information content (AvgIpc) is 2.76. The number of hydrogen-bond acceptors (Lipinski definition) is 6. The fourth-order valence-electron chi connectivity index (χ4n) is 1.79. The van der Waals surface area contributed by atoms with E-state index in [1.165, 1.54) is 0 Å². The quantitative estimate of drug-likeness (QED) is 0.784. The van der Waals surface area contributed by atoms with Crippen LogP contribution in [-0.2, 0) is 16.5 Å². The lowest BCUT2D eigenvalue weighted by molar-refractivity contribution is 0.0474. The second kappa shape index (κ2) is 5.68. The highest BCUT2D eigenvalue weighted by atomic mass is 16.5. The van der Waals surface area contributed by atoms with Gasteiger partial charge in [-0.3, -0.25) is 4.68 Å². The Balaban J connectivity index is 2.57. The number of rotatable bonds is 4. The van der Waals surface area contributed by atoms with E-state index < -0.39 is 11.9 Å². The zero-order valence-corrected chi connectivity index (χ0v) is 11.5. The second-order valence-electron chi connectivity index (χ2n) is 4.04. The van der Waals surface area contributed by atoms with Gasteiger partial charge < -0.3 is 9.47 Å². The van der Waals surface area contributed by atoms with E-state index in [0.29, 0.717) is 11.0 Å². The van der Waals surface area contributed by atoms with Gasteiger partial charge in [0.2, 0.25) is 0 Å². The summed E-state index contributed by atoms with van der Waals surface area (Å²) in [6, 6.07) is 1.54. The SMILES string of the molecule is CCOC(=O)c1cc2cn(C)nc2nc1C(=O)OCC.